The summed E-state index contributed by atoms with van der Waals surface area (Å²) in [5.74, 6) is 0.943. The fraction of sp³-hybridized carbons (Fsp3) is 0.636. The first-order chi connectivity index (χ1) is 14.0. The van der Waals surface area contributed by atoms with Crippen molar-refractivity contribution in [3.63, 3.8) is 0 Å². The van der Waals surface area contributed by atoms with Gasteiger partial charge < -0.3 is 19.3 Å². The number of aromatic hydroxyl groups is 1. The molecule has 0 unspecified atom stereocenters. The smallest absolute Gasteiger partial charge is 0.334 e. The van der Waals surface area contributed by atoms with E-state index in [1.54, 1.807) is 26.2 Å². The lowest BCUT2D eigenvalue weighted by Gasteiger charge is -2.17. The molecule has 0 radical (unpaired) electrons. The van der Waals surface area contributed by atoms with Gasteiger partial charge in [0.15, 0.2) is 5.54 Å². The van der Waals surface area contributed by atoms with Crippen LogP contribution in [-0.2, 0) is 14.3 Å². The van der Waals surface area contributed by atoms with Gasteiger partial charge in [-0.3, -0.25) is 4.99 Å². The molecule has 1 aliphatic heterocycles. The van der Waals surface area contributed by atoms with Gasteiger partial charge in [-0.15, -0.1) is 11.8 Å². The molecule has 1 aliphatic rings. The van der Waals surface area contributed by atoms with Gasteiger partial charge in [0.25, 0.3) is 0 Å². The minimum atomic E-state index is -0.905. The monoisotopic (exact) mass is 423 g/mol. The maximum Gasteiger partial charge on any atom is 0.334 e. The van der Waals surface area contributed by atoms with Gasteiger partial charge in [0.1, 0.15) is 16.5 Å². The number of hydrogen-bond acceptors (Lipinski definition) is 7. The minimum Gasteiger partial charge on any atom is -0.507 e. The predicted molar refractivity (Wildman–Crippen MR) is 117 cm³/mol. The number of phenolic OH excluding ortho intramolecular Hbond substituents is 1. The number of carbonyl (C=O) groups is 1. The third kappa shape index (κ3) is 7.23. The standard InChI is InChI=1S/C22H33NO5S/c1-4-5-13-28-21(25)22(2)16-29-20(23-22)18-11-10-17(15-19(18)24)27-14-9-7-6-8-12-26-3/h10-11,15,24H,4-9,12-14,16H2,1-3H3/t22-/m1/s1. The molecule has 0 aromatic heterocycles. The molecule has 0 saturated carbocycles. The summed E-state index contributed by atoms with van der Waals surface area (Å²) in [5, 5.41) is 11.1. The van der Waals surface area contributed by atoms with E-state index >= 15 is 0 Å². The molecule has 0 bridgehead atoms. The number of rotatable bonds is 13. The van der Waals surface area contributed by atoms with E-state index in [4.69, 9.17) is 14.2 Å². The SMILES string of the molecule is CCCCOC(=O)[C@@]1(C)CSC(c2ccc(OCCCCCCOC)cc2O)=N1. The van der Waals surface area contributed by atoms with Crippen molar-refractivity contribution in [1.82, 2.24) is 0 Å². The molecule has 6 nitrogen and oxygen atoms in total. The van der Waals surface area contributed by atoms with Crippen molar-refractivity contribution in [3.05, 3.63) is 23.8 Å². The van der Waals surface area contributed by atoms with Crippen LogP contribution in [0.1, 0.15) is 57.9 Å². The second-order valence-corrected chi connectivity index (χ2v) is 8.37. The molecule has 29 heavy (non-hydrogen) atoms. The van der Waals surface area contributed by atoms with E-state index in [-0.39, 0.29) is 11.7 Å². The van der Waals surface area contributed by atoms with Crippen molar-refractivity contribution in [1.29, 1.82) is 0 Å². The number of thioether (sulfide) groups is 1. The number of unbranched alkanes of at least 4 members (excludes halogenated alkanes) is 4. The number of methoxy groups -OCH3 is 1. The Morgan fingerprint density at radius 1 is 1.17 bits per heavy atom. The molecule has 0 aliphatic carbocycles. The molecule has 0 fully saturated rings. The summed E-state index contributed by atoms with van der Waals surface area (Å²) in [6, 6.07) is 5.24. The average molecular weight is 424 g/mol. The van der Waals surface area contributed by atoms with E-state index in [1.807, 2.05) is 6.07 Å². The molecule has 1 aromatic rings. The first-order valence-electron chi connectivity index (χ1n) is 10.3. The van der Waals surface area contributed by atoms with E-state index in [9.17, 15) is 9.90 Å². The Hall–Kier alpha value is -1.73. The molecule has 0 amide bonds. The minimum absolute atomic E-state index is 0.109. The molecule has 162 valence electrons. The van der Waals surface area contributed by atoms with E-state index in [2.05, 4.69) is 11.9 Å². The number of phenols is 1. The van der Waals surface area contributed by atoms with Crippen LogP contribution in [0.15, 0.2) is 23.2 Å². The summed E-state index contributed by atoms with van der Waals surface area (Å²) in [6.45, 7) is 5.67. The van der Waals surface area contributed by atoms with E-state index < -0.39 is 5.54 Å². The van der Waals surface area contributed by atoms with Crippen LogP contribution >= 0.6 is 11.8 Å². The molecule has 1 atom stereocenters. The van der Waals surface area contributed by atoms with Crippen LogP contribution in [0.3, 0.4) is 0 Å². The lowest BCUT2D eigenvalue weighted by Crippen LogP contribution is -2.35. The lowest BCUT2D eigenvalue weighted by molar-refractivity contribution is -0.148. The van der Waals surface area contributed by atoms with E-state index in [0.29, 0.717) is 35.3 Å². The van der Waals surface area contributed by atoms with Gasteiger partial charge in [-0.2, -0.15) is 0 Å². The molecular formula is C22H33NO5S. The number of nitrogens with zero attached hydrogens (tertiary/aromatic N) is 1. The van der Waals surface area contributed by atoms with E-state index in [0.717, 1.165) is 45.1 Å². The molecule has 1 N–H and O–H groups in total. The predicted octanol–water partition coefficient (Wildman–Crippen LogP) is 4.57. The number of ether oxygens (including phenoxy) is 3. The Morgan fingerprint density at radius 2 is 1.93 bits per heavy atom. The topological polar surface area (TPSA) is 77.4 Å². The Kier molecular flexibility index (Phi) is 9.81. The summed E-state index contributed by atoms with van der Waals surface area (Å²) >= 11 is 1.46. The molecule has 1 aromatic carbocycles. The zero-order valence-electron chi connectivity index (χ0n) is 17.7. The molecule has 2 rings (SSSR count). The zero-order valence-corrected chi connectivity index (χ0v) is 18.6. The molecule has 7 heteroatoms. The van der Waals surface area contributed by atoms with Crippen LogP contribution in [0.4, 0.5) is 0 Å². The van der Waals surface area contributed by atoms with Crippen molar-refractivity contribution in [2.75, 3.05) is 32.7 Å². The van der Waals surface area contributed by atoms with E-state index in [1.165, 1.54) is 11.8 Å². The quantitative estimate of drug-likeness (QED) is 0.370. The van der Waals surface area contributed by atoms with Crippen molar-refractivity contribution in [2.24, 2.45) is 4.99 Å². The summed E-state index contributed by atoms with van der Waals surface area (Å²) in [4.78, 5) is 16.9. The molecule has 0 saturated heterocycles. The Labute approximate surface area is 178 Å². The molecule has 1 heterocycles. The van der Waals surface area contributed by atoms with Crippen LogP contribution in [0.5, 0.6) is 11.5 Å². The highest BCUT2D eigenvalue weighted by Gasteiger charge is 2.40. The number of hydrogen-bond donors (Lipinski definition) is 1. The maximum atomic E-state index is 12.4. The number of aliphatic imine (C=N–C) groups is 1. The second kappa shape index (κ2) is 12.1. The fourth-order valence-corrected chi connectivity index (χ4v) is 4.07. The van der Waals surface area contributed by atoms with Gasteiger partial charge in [0.05, 0.1) is 13.2 Å². The number of benzene rings is 1. The van der Waals surface area contributed by atoms with Gasteiger partial charge in [-0.1, -0.05) is 19.8 Å². The number of carbonyl (C=O) groups excluding carboxylic acids is 1. The number of esters is 1. The molecular weight excluding hydrogens is 390 g/mol. The highest BCUT2D eigenvalue weighted by Crippen LogP contribution is 2.36. The van der Waals surface area contributed by atoms with Gasteiger partial charge in [0.2, 0.25) is 0 Å². The third-order valence-electron chi connectivity index (χ3n) is 4.72. The van der Waals surface area contributed by atoms with Crippen molar-refractivity contribution in [3.8, 4) is 11.5 Å². The first-order valence-corrected chi connectivity index (χ1v) is 11.3. The van der Waals surface area contributed by atoms with Crippen molar-refractivity contribution in [2.45, 2.75) is 57.9 Å². The normalized spacial score (nSPS) is 18.5. The first kappa shape index (κ1) is 23.5. The van der Waals surface area contributed by atoms with Crippen LogP contribution < -0.4 is 4.74 Å². The van der Waals surface area contributed by atoms with Gasteiger partial charge in [-0.05, 0) is 44.7 Å². The van der Waals surface area contributed by atoms with Gasteiger partial charge in [0, 0.05) is 31.1 Å². The Bertz CT molecular complexity index is 694. The summed E-state index contributed by atoms with van der Waals surface area (Å²) in [6.07, 6.45) is 6.07. The lowest BCUT2D eigenvalue weighted by atomic mass is 10.1. The van der Waals surface area contributed by atoms with Gasteiger partial charge in [-0.25, -0.2) is 4.79 Å². The average Bonchev–Trinajstić information content (AvgIpc) is 3.10. The summed E-state index contributed by atoms with van der Waals surface area (Å²) < 4.78 is 16.1. The molecule has 0 spiro atoms. The van der Waals surface area contributed by atoms with Crippen LogP contribution in [0, 0.1) is 0 Å². The Balaban J connectivity index is 1.88. The van der Waals surface area contributed by atoms with Crippen LogP contribution in [0.25, 0.3) is 0 Å². The third-order valence-corrected chi connectivity index (χ3v) is 6.01. The van der Waals surface area contributed by atoms with Crippen LogP contribution in [-0.4, -0.2) is 54.3 Å². The second-order valence-electron chi connectivity index (χ2n) is 7.40. The van der Waals surface area contributed by atoms with Gasteiger partial charge >= 0.3 is 5.97 Å². The van der Waals surface area contributed by atoms with Crippen LogP contribution in [0.2, 0.25) is 0 Å². The fourth-order valence-electron chi connectivity index (χ4n) is 2.88. The summed E-state index contributed by atoms with van der Waals surface area (Å²) in [7, 11) is 1.72. The zero-order chi connectivity index (χ0) is 21.1. The van der Waals surface area contributed by atoms with Crippen molar-refractivity contribution < 1.29 is 24.1 Å². The largest absolute Gasteiger partial charge is 0.507 e. The maximum absolute atomic E-state index is 12.4. The highest BCUT2D eigenvalue weighted by molar-refractivity contribution is 8.14. The highest BCUT2D eigenvalue weighted by atomic mass is 32.2. The van der Waals surface area contributed by atoms with Crippen molar-refractivity contribution >= 4 is 22.8 Å². The summed E-state index contributed by atoms with van der Waals surface area (Å²) in [5.41, 5.74) is -0.287. The Morgan fingerprint density at radius 3 is 2.62 bits per heavy atom.